The van der Waals surface area contributed by atoms with Gasteiger partial charge in [0.2, 0.25) is 0 Å². The van der Waals surface area contributed by atoms with Crippen LogP contribution in [0.4, 0.5) is 13.2 Å². The third kappa shape index (κ3) is 2.55. The molecule has 0 amide bonds. The lowest BCUT2D eigenvalue weighted by Gasteiger charge is -2.10. The summed E-state index contributed by atoms with van der Waals surface area (Å²) in [6.07, 6.45) is -4.57. The molecule has 2 rings (SSSR count). The Morgan fingerprint density at radius 3 is 2.59 bits per heavy atom. The van der Waals surface area contributed by atoms with E-state index in [0.29, 0.717) is 0 Å². The van der Waals surface area contributed by atoms with Crippen LogP contribution in [0.5, 0.6) is 0 Å². The largest absolute Gasteiger partial charge is 0.438 e. The fourth-order valence-electron chi connectivity index (χ4n) is 1.47. The SMILES string of the molecule is O=c1[nH]c(Cc2ccccc2C(F)(F)F)no1. The summed E-state index contributed by atoms with van der Waals surface area (Å²) in [5.41, 5.74) is -0.714. The predicted octanol–water partition coefficient (Wildman–Crippen LogP) is 1.97. The molecule has 0 radical (unpaired) electrons. The quantitative estimate of drug-likeness (QED) is 0.878. The second kappa shape index (κ2) is 4.08. The van der Waals surface area contributed by atoms with Crippen molar-refractivity contribution in [2.24, 2.45) is 0 Å². The number of nitrogens with zero attached hydrogens (tertiary/aromatic N) is 1. The van der Waals surface area contributed by atoms with Crippen molar-refractivity contribution in [2.45, 2.75) is 12.6 Å². The minimum absolute atomic E-state index is 0.0320. The molecule has 1 aromatic carbocycles. The first-order valence-electron chi connectivity index (χ1n) is 4.67. The second-order valence-electron chi connectivity index (χ2n) is 3.37. The van der Waals surface area contributed by atoms with Gasteiger partial charge >= 0.3 is 11.9 Å². The fraction of sp³-hybridized carbons (Fsp3) is 0.200. The van der Waals surface area contributed by atoms with E-state index in [4.69, 9.17) is 0 Å². The normalized spacial score (nSPS) is 11.7. The van der Waals surface area contributed by atoms with Crippen LogP contribution < -0.4 is 5.76 Å². The standard InChI is InChI=1S/C10H7F3N2O2/c11-10(12,13)7-4-2-1-3-6(7)5-8-14-9(16)17-15-8/h1-4H,5H2,(H,14,15,16). The van der Waals surface area contributed by atoms with Gasteiger partial charge in [-0.3, -0.25) is 9.51 Å². The number of nitrogens with one attached hydrogen (secondary N) is 1. The van der Waals surface area contributed by atoms with E-state index in [1.807, 2.05) is 0 Å². The van der Waals surface area contributed by atoms with Crippen LogP contribution in [0.2, 0.25) is 0 Å². The molecule has 0 aliphatic rings. The fourth-order valence-corrected chi connectivity index (χ4v) is 1.47. The molecule has 0 saturated carbocycles. The monoisotopic (exact) mass is 244 g/mol. The van der Waals surface area contributed by atoms with E-state index in [9.17, 15) is 18.0 Å². The van der Waals surface area contributed by atoms with Crippen molar-refractivity contribution in [3.8, 4) is 0 Å². The molecule has 90 valence electrons. The summed E-state index contributed by atoms with van der Waals surface area (Å²) in [7, 11) is 0. The number of aromatic nitrogens is 2. The maximum atomic E-state index is 12.6. The molecular formula is C10H7F3N2O2. The minimum atomic E-state index is -4.43. The first-order valence-corrected chi connectivity index (χ1v) is 4.67. The van der Waals surface area contributed by atoms with Crippen LogP contribution in [-0.2, 0) is 12.6 Å². The Bertz CT molecular complexity index is 571. The smallest absolute Gasteiger partial charge is 0.296 e. The van der Waals surface area contributed by atoms with Gasteiger partial charge in [-0.2, -0.15) is 13.2 Å². The average Bonchev–Trinajstić information content (AvgIpc) is 2.63. The maximum Gasteiger partial charge on any atom is 0.438 e. The number of alkyl halides is 3. The zero-order chi connectivity index (χ0) is 12.5. The van der Waals surface area contributed by atoms with E-state index < -0.39 is 17.5 Å². The molecule has 0 spiro atoms. The molecule has 1 heterocycles. The van der Waals surface area contributed by atoms with Crippen molar-refractivity contribution >= 4 is 0 Å². The van der Waals surface area contributed by atoms with Crippen LogP contribution >= 0.6 is 0 Å². The van der Waals surface area contributed by atoms with Crippen molar-refractivity contribution < 1.29 is 17.7 Å². The zero-order valence-corrected chi connectivity index (χ0v) is 8.41. The van der Waals surface area contributed by atoms with Crippen molar-refractivity contribution in [3.05, 3.63) is 51.8 Å². The number of hydrogen-bond donors (Lipinski definition) is 1. The molecule has 0 saturated heterocycles. The van der Waals surface area contributed by atoms with Gasteiger partial charge in [-0.25, -0.2) is 4.79 Å². The third-order valence-corrected chi connectivity index (χ3v) is 2.17. The number of aromatic amines is 1. The van der Waals surface area contributed by atoms with Crippen LogP contribution in [0.3, 0.4) is 0 Å². The summed E-state index contributed by atoms with van der Waals surface area (Å²) in [6.45, 7) is 0. The van der Waals surface area contributed by atoms with E-state index in [0.717, 1.165) is 6.07 Å². The molecule has 0 fully saturated rings. The van der Waals surface area contributed by atoms with E-state index in [2.05, 4.69) is 14.7 Å². The first-order chi connectivity index (χ1) is 7.97. The van der Waals surface area contributed by atoms with Gasteiger partial charge in [-0.1, -0.05) is 23.4 Å². The highest BCUT2D eigenvalue weighted by Gasteiger charge is 2.33. The van der Waals surface area contributed by atoms with E-state index in [1.54, 1.807) is 0 Å². The summed E-state index contributed by atoms with van der Waals surface area (Å²) in [5.74, 6) is -0.726. The molecule has 0 aliphatic carbocycles. The highest BCUT2D eigenvalue weighted by atomic mass is 19.4. The molecule has 1 N–H and O–H groups in total. The molecular weight excluding hydrogens is 237 g/mol. The molecule has 0 bridgehead atoms. The van der Waals surface area contributed by atoms with Gasteiger partial charge < -0.3 is 0 Å². The van der Waals surface area contributed by atoms with Gasteiger partial charge in [-0.05, 0) is 11.6 Å². The Morgan fingerprint density at radius 1 is 1.29 bits per heavy atom. The van der Waals surface area contributed by atoms with Gasteiger partial charge in [0.1, 0.15) is 0 Å². The van der Waals surface area contributed by atoms with Crippen LogP contribution in [0, 0.1) is 0 Å². The Labute approximate surface area is 93.1 Å². The number of H-pyrrole nitrogens is 1. The molecule has 17 heavy (non-hydrogen) atoms. The number of hydrogen-bond acceptors (Lipinski definition) is 3. The van der Waals surface area contributed by atoms with Crippen LogP contribution in [0.1, 0.15) is 17.0 Å². The molecule has 2 aromatic rings. The number of benzene rings is 1. The van der Waals surface area contributed by atoms with Crippen molar-refractivity contribution in [1.82, 2.24) is 10.1 Å². The highest BCUT2D eigenvalue weighted by molar-refractivity contribution is 5.31. The Hall–Kier alpha value is -2.05. The van der Waals surface area contributed by atoms with Crippen LogP contribution in [-0.4, -0.2) is 10.1 Å². The van der Waals surface area contributed by atoms with Crippen molar-refractivity contribution in [3.63, 3.8) is 0 Å². The molecule has 7 heteroatoms. The minimum Gasteiger partial charge on any atom is -0.296 e. The van der Waals surface area contributed by atoms with Crippen molar-refractivity contribution in [1.29, 1.82) is 0 Å². The van der Waals surface area contributed by atoms with Gasteiger partial charge in [0.05, 0.1) is 5.56 Å². The molecule has 1 aromatic heterocycles. The van der Waals surface area contributed by atoms with Crippen molar-refractivity contribution in [2.75, 3.05) is 0 Å². The second-order valence-corrected chi connectivity index (χ2v) is 3.37. The molecule has 4 nitrogen and oxygen atoms in total. The van der Waals surface area contributed by atoms with Crippen LogP contribution in [0.15, 0.2) is 33.6 Å². The lowest BCUT2D eigenvalue weighted by atomic mass is 10.0. The van der Waals surface area contributed by atoms with Crippen LogP contribution in [0.25, 0.3) is 0 Å². The Balaban J connectivity index is 2.36. The lowest BCUT2D eigenvalue weighted by Crippen LogP contribution is -2.10. The predicted molar refractivity (Wildman–Crippen MR) is 51.4 cm³/mol. The van der Waals surface area contributed by atoms with E-state index in [-0.39, 0.29) is 17.8 Å². The van der Waals surface area contributed by atoms with E-state index in [1.165, 1.54) is 18.2 Å². The molecule has 0 aliphatic heterocycles. The summed E-state index contributed by atoms with van der Waals surface area (Å²) in [4.78, 5) is 12.9. The average molecular weight is 244 g/mol. The number of rotatable bonds is 2. The summed E-state index contributed by atoms with van der Waals surface area (Å²) < 4.78 is 42.1. The first kappa shape index (κ1) is 11.4. The van der Waals surface area contributed by atoms with Gasteiger partial charge in [0, 0.05) is 6.42 Å². The third-order valence-electron chi connectivity index (χ3n) is 2.17. The summed E-state index contributed by atoms with van der Waals surface area (Å²) >= 11 is 0. The Morgan fingerprint density at radius 2 is 2.00 bits per heavy atom. The number of halogens is 3. The van der Waals surface area contributed by atoms with Gasteiger partial charge in [-0.15, -0.1) is 0 Å². The summed E-state index contributed by atoms with van der Waals surface area (Å²) in [5, 5.41) is 3.32. The highest BCUT2D eigenvalue weighted by Crippen LogP contribution is 2.32. The zero-order valence-electron chi connectivity index (χ0n) is 8.41. The molecule has 0 atom stereocenters. The lowest BCUT2D eigenvalue weighted by molar-refractivity contribution is -0.138. The Kier molecular flexibility index (Phi) is 2.74. The molecule has 0 unspecified atom stereocenters. The topological polar surface area (TPSA) is 58.9 Å². The van der Waals surface area contributed by atoms with Gasteiger partial charge in [0.25, 0.3) is 0 Å². The van der Waals surface area contributed by atoms with E-state index >= 15 is 0 Å². The van der Waals surface area contributed by atoms with Gasteiger partial charge in [0.15, 0.2) is 5.82 Å². The maximum absolute atomic E-state index is 12.6. The summed E-state index contributed by atoms with van der Waals surface area (Å²) in [6, 6.07) is 5.10.